The number of nitro benzene ring substituents is 1. The number of hydrogen-bond acceptors (Lipinski definition) is 7. The Balaban J connectivity index is 1.69. The second-order valence-electron chi connectivity index (χ2n) is 7.24. The molecule has 0 aliphatic carbocycles. The van der Waals surface area contributed by atoms with Gasteiger partial charge in [-0.3, -0.25) is 19.8 Å². The van der Waals surface area contributed by atoms with E-state index in [2.05, 4.69) is 4.99 Å². The predicted molar refractivity (Wildman–Crippen MR) is 128 cm³/mol. The fourth-order valence-electron chi connectivity index (χ4n) is 3.21. The summed E-state index contributed by atoms with van der Waals surface area (Å²) in [6, 6.07) is 19.1. The Hall–Kier alpha value is -4.44. The molecule has 3 aromatic rings. The van der Waals surface area contributed by atoms with Crippen molar-refractivity contribution in [3.05, 3.63) is 105 Å². The van der Waals surface area contributed by atoms with Gasteiger partial charge in [0.05, 0.1) is 27.6 Å². The summed E-state index contributed by atoms with van der Waals surface area (Å²) in [7, 11) is 0. The third-order valence-electron chi connectivity index (χ3n) is 4.90. The first kappa shape index (κ1) is 22.7. The average molecular weight is 475 g/mol. The fraction of sp³-hybridized carbons (Fsp3) is 0.0417. The lowest BCUT2D eigenvalue weighted by Gasteiger charge is -2.16. The third kappa shape index (κ3) is 4.97. The molecule has 1 amide bonds. The first-order valence-electron chi connectivity index (χ1n) is 9.96. The summed E-state index contributed by atoms with van der Waals surface area (Å²) in [5.41, 5.74) is 1.41. The van der Waals surface area contributed by atoms with Crippen LogP contribution in [0, 0.1) is 10.1 Å². The van der Waals surface area contributed by atoms with Crippen molar-refractivity contribution in [3.8, 4) is 5.75 Å². The summed E-state index contributed by atoms with van der Waals surface area (Å²) in [5, 5.41) is 30.3. The van der Waals surface area contributed by atoms with Crippen molar-refractivity contribution in [2.75, 3.05) is 0 Å². The van der Waals surface area contributed by atoms with Crippen molar-refractivity contribution in [2.45, 2.75) is 6.54 Å². The number of aliphatic imine (C=N–C) groups is 1. The standard InChI is InChI=1S/C24H17N3O6S/c28-20-11-8-16(12-19(20)27(32)33)13-21-22(29)26(14-15-6-9-17(10-7-15)23(30)31)24(34-21)25-18-4-2-1-3-5-18/h1-13,28H,14H2,(H,30,31)/b21-13-,25-24?. The number of carboxylic acid groups (broad SMARTS) is 1. The molecule has 0 unspecified atom stereocenters. The maximum Gasteiger partial charge on any atom is 0.335 e. The highest BCUT2D eigenvalue weighted by Crippen LogP contribution is 2.36. The van der Waals surface area contributed by atoms with Crippen LogP contribution in [-0.2, 0) is 11.3 Å². The van der Waals surface area contributed by atoms with Crippen molar-refractivity contribution in [1.29, 1.82) is 0 Å². The van der Waals surface area contributed by atoms with Crippen molar-refractivity contribution in [3.63, 3.8) is 0 Å². The van der Waals surface area contributed by atoms with E-state index in [-0.39, 0.29) is 18.0 Å². The summed E-state index contributed by atoms with van der Waals surface area (Å²) in [6.07, 6.45) is 1.51. The van der Waals surface area contributed by atoms with E-state index in [9.17, 15) is 24.8 Å². The van der Waals surface area contributed by atoms with Gasteiger partial charge in [-0.2, -0.15) is 0 Å². The number of nitrogens with zero attached hydrogens (tertiary/aromatic N) is 3. The number of thioether (sulfide) groups is 1. The monoisotopic (exact) mass is 475 g/mol. The molecule has 0 aromatic heterocycles. The number of carbonyl (C=O) groups is 2. The molecule has 1 fully saturated rings. The molecule has 0 atom stereocenters. The lowest BCUT2D eigenvalue weighted by atomic mass is 10.1. The van der Waals surface area contributed by atoms with Gasteiger partial charge in [-0.05, 0) is 59.3 Å². The number of carbonyl (C=O) groups excluding carboxylic acids is 1. The molecule has 3 aromatic carbocycles. The second-order valence-corrected chi connectivity index (χ2v) is 8.25. The number of amides is 1. The number of aromatic carboxylic acids is 1. The molecule has 2 N–H and O–H groups in total. The smallest absolute Gasteiger partial charge is 0.335 e. The van der Waals surface area contributed by atoms with Crippen LogP contribution in [0.1, 0.15) is 21.5 Å². The summed E-state index contributed by atoms with van der Waals surface area (Å²) in [6.45, 7) is 0.157. The SMILES string of the molecule is O=C(O)c1ccc(CN2C(=O)/C(=C/c3ccc(O)c([N+](=O)[O-])c3)SC2=Nc2ccccc2)cc1. The van der Waals surface area contributed by atoms with Gasteiger partial charge in [0.1, 0.15) is 0 Å². The molecular formula is C24H17N3O6S. The number of aromatic hydroxyl groups is 1. The molecule has 0 radical (unpaired) electrons. The van der Waals surface area contributed by atoms with Gasteiger partial charge in [0, 0.05) is 6.07 Å². The number of rotatable bonds is 6. The lowest BCUT2D eigenvalue weighted by molar-refractivity contribution is -0.385. The minimum Gasteiger partial charge on any atom is -0.502 e. The summed E-state index contributed by atoms with van der Waals surface area (Å²) < 4.78 is 0. The highest BCUT2D eigenvalue weighted by atomic mass is 32.2. The molecule has 0 bridgehead atoms. The Morgan fingerprint density at radius 1 is 1.09 bits per heavy atom. The third-order valence-corrected chi connectivity index (χ3v) is 5.91. The minimum absolute atomic E-state index is 0.138. The van der Waals surface area contributed by atoms with E-state index in [1.54, 1.807) is 24.3 Å². The van der Waals surface area contributed by atoms with Crippen molar-refractivity contribution >= 4 is 46.3 Å². The van der Waals surface area contributed by atoms with Crippen LogP contribution >= 0.6 is 11.8 Å². The fourth-order valence-corrected chi connectivity index (χ4v) is 4.20. The van der Waals surface area contributed by atoms with Gasteiger partial charge in [-0.1, -0.05) is 36.4 Å². The van der Waals surface area contributed by atoms with Crippen LogP contribution in [0.25, 0.3) is 6.08 Å². The molecule has 10 heteroatoms. The number of carboxylic acids is 1. The van der Waals surface area contributed by atoms with Gasteiger partial charge < -0.3 is 10.2 Å². The van der Waals surface area contributed by atoms with Crippen molar-refractivity contribution in [2.24, 2.45) is 4.99 Å². The highest BCUT2D eigenvalue weighted by Gasteiger charge is 2.33. The van der Waals surface area contributed by atoms with Gasteiger partial charge in [0.2, 0.25) is 0 Å². The molecule has 0 saturated carbocycles. The molecule has 1 heterocycles. The predicted octanol–water partition coefficient (Wildman–Crippen LogP) is 4.80. The number of benzene rings is 3. The van der Waals surface area contributed by atoms with Crippen LogP contribution in [0.3, 0.4) is 0 Å². The normalized spacial score (nSPS) is 15.8. The van der Waals surface area contributed by atoms with E-state index in [0.717, 1.165) is 11.8 Å². The molecule has 170 valence electrons. The number of nitro groups is 1. The molecule has 9 nitrogen and oxygen atoms in total. The molecule has 4 rings (SSSR count). The molecule has 1 saturated heterocycles. The largest absolute Gasteiger partial charge is 0.502 e. The van der Waals surface area contributed by atoms with Gasteiger partial charge >= 0.3 is 11.7 Å². The highest BCUT2D eigenvalue weighted by molar-refractivity contribution is 8.18. The van der Waals surface area contributed by atoms with Gasteiger partial charge in [0.25, 0.3) is 5.91 Å². The Kier molecular flexibility index (Phi) is 6.42. The van der Waals surface area contributed by atoms with Crippen LogP contribution in [0.15, 0.2) is 82.7 Å². The molecule has 34 heavy (non-hydrogen) atoms. The van der Waals surface area contributed by atoms with Crippen LogP contribution in [-0.4, -0.2) is 37.1 Å². The maximum absolute atomic E-state index is 13.3. The number of amidine groups is 1. The number of phenols is 1. The number of para-hydroxylation sites is 1. The zero-order chi connectivity index (χ0) is 24.2. The molecular weight excluding hydrogens is 458 g/mol. The van der Waals surface area contributed by atoms with Crippen LogP contribution < -0.4 is 0 Å². The summed E-state index contributed by atoms with van der Waals surface area (Å²) in [5.74, 6) is -1.85. The minimum atomic E-state index is -1.04. The summed E-state index contributed by atoms with van der Waals surface area (Å²) >= 11 is 1.12. The van der Waals surface area contributed by atoms with Crippen LogP contribution in [0.2, 0.25) is 0 Å². The topological polar surface area (TPSA) is 133 Å². The van der Waals surface area contributed by atoms with E-state index in [4.69, 9.17) is 5.11 Å². The van der Waals surface area contributed by atoms with E-state index in [1.165, 1.54) is 41.3 Å². The van der Waals surface area contributed by atoms with Gasteiger partial charge in [-0.25, -0.2) is 9.79 Å². The average Bonchev–Trinajstić information content (AvgIpc) is 3.10. The Labute approximate surface area is 197 Å². The maximum atomic E-state index is 13.3. The van der Waals surface area contributed by atoms with E-state index in [1.807, 2.05) is 18.2 Å². The van der Waals surface area contributed by atoms with Crippen molar-refractivity contribution in [1.82, 2.24) is 4.90 Å². The molecule has 1 aliphatic rings. The quantitative estimate of drug-likeness (QED) is 0.297. The number of phenolic OH excluding ortho intramolecular Hbond substituents is 1. The Morgan fingerprint density at radius 3 is 2.44 bits per heavy atom. The van der Waals surface area contributed by atoms with Gasteiger partial charge in [-0.15, -0.1) is 0 Å². The lowest BCUT2D eigenvalue weighted by Crippen LogP contribution is -2.28. The van der Waals surface area contributed by atoms with E-state index < -0.39 is 22.3 Å². The first-order chi connectivity index (χ1) is 16.3. The number of hydrogen-bond donors (Lipinski definition) is 2. The zero-order valence-corrected chi connectivity index (χ0v) is 18.3. The second kappa shape index (κ2) is 9.59. The van der Waals surface area contributed by atoms with Crippen molar-refractivity contribution < 1.29 is 24.7 Å². The Bertz CT molecular complexity index is 1340. The van der Waals surface area contributed by atoms with Gasteiger partial charge in [0.15, 0.2) is 10.9 Å². The summed E-state index contributed by atoms with van der Waals surface area (Å²) in [4.78, 5) is 41.2. The van der Waals surface area contributed by atoms with E-state index >= 15 is 0 Å². The van der Waals surface area contributed by atoms with Crippen LogP contribution in [0.4, 0.5) is 11.4 Å². The first-order valence-corrected chi connectivity index (χ1v) is 10.8. The van der Waals surface area contributed by atoms with Crippen LogP contribution in [0.5, 0.6) is 5.75 Å². The zero-order valence-electron chi connectivity index (χ0n) is 17.5. The molecule has 0 spiro atoms. The Morgan fingerprint density at radius 2 is 1.79 bits per heavy atom. The van der Waals surface area contributed by atoms with E-state index in [0.29, 0.717) is 26.9 Å². The molecule has 1 aliphatic heterocycles.